The van der Waals surface area contributed by atoms with Crippen molar-refractivity contribution in [2.75, 3.05) is 0 Å². The average molecular weight is 273 g/mol. The van der Waals surface area contributed by atoms with Crippen LogP contribution >= 0.6 is 0 Å². The van der Waals surface area contributed by atoms with Crippen molar-refractivity contribution in [2.24, 2.45) is 0 Å². The van der Waals surface area contributed by atoms with Gasteiger partial charge in [-0.3, -0.25) is 5.32 Å². The Morgan fingerprint density at radius 2 is 2.21 bits per heavy atom. The second-order valence-electron chi connectivity index (χ2n) is 3.94. The number of carboxylic acids is 1. The van der Waals surface area contributed by atoms with Gasteiger partial charge < -0.3 is 5.11 Å². The standard InChI is InChI=1S/C11H10F3N3O2/c1-10(9(18)19,11(12,13)14)17-6-7-2-3-16-8(4-7)5-15/h2-4,17H,6H2,1H3,(H,18,19). The molecule has 1 atom stereocenters. The van der Waals surface area contributed by atoms with Gasteiger partial charge in [0.25, 0.3) is 0 Å². The van der Waals surface area contributed by atoms with Gasteiger partial charge >= 0.3 is 12.1 Å². The van der Waals surface area contributed by atoms with Crippen LogP contribution in [0.3, 0.4) is 0 Å². The zero-order valence-corrected chi connectivity index (χ0v) is 9.82. The third kappa shape index (κ3) is 3.20. The molecule has 5 nitrogen and oxygen atoms in total. The number of alkyl halides is 3. The normalized spacial score (nSPS) is 14.5. The van der Waals surface area contributed by atoms with Gasteiger partial charge in [0.2, 0.25) is 5.54 Å². The number of hydrogen-bond acceptors (Lipinski definition) is 4. The first-order chi connectivity index (χ1) is 8.70. The molecule has 1 aromatic heterocycles. The van der Waals surface area contributed by atoms with Gasteiger partial charge in [0, 0.05) is 12.7 Å². The number of carbonyl (C=O) groups is 1. The van der Waals surface area contributed by atoms with Crippen molar-refractivity contribution in [1.82, 2.24) is 10.3 Å². The van der Waals surface area contributed by atoms with E-state index >= 15 is 0 Å². The van der Waals surface area contributed by atoms with Crippen LogP contribution in [0.2, 0.25) is 0 Å². The van der Waals surface area contributed by atoms with Crippen molar-refractivity contribution < 1.29 is 23.1 Å². The molecule has 0 amide bonds. The Kier molecular flexibility index (Phi) is 4.11. The van der Waals surface area contributed by atoms with Crippen LogP contribution in [0.1, 0.15) is 18.2 Å². The molecular weight excluding hydrogens is 263 g/mol. The lowest BCUT2D eigenvalue weighted by Crippen LogP contribution is -2.59. The fourth-order valence-electron chi connectivity index (χ4n) is 1.22. The van der Waals surface area contributed by atoms with Crippen molar-refractivity contribution in [1.29, 1.82) is 5.26 Å². The van der Waals surface area contributed by atoms with E-state index in [2.05, 4.69) is 4.98 Å². The topological polar surface area (TPSA) is 86.0 Å². The van der Waals surface area contributed by atoms with Crippen molar-refractivity contribution in [2.45, 2.75) is 25.2 Å². The highest BCUT2D eigenvalue weighted by molar-refractivity contribution is 5.79. The molecule has 102 valence electrons. The zero-order valence-electron chi connectivity index (χ0n) is 9.82. The Labute approximate surface area is 106 Å². The molecule has 0 saturated carbocycles. The minimum atomic E-state index is -4.94. The summed E-state index contributed by atoms with van der Waals surface area (Å²) < 4.78 is 38.1. The summed E-state index contributed by atoms with van der Waals surface area (Å²) in [7, 11) is 0. The molecule has 19 heavy (non-hydrogen) atoms. The third-order valence-electron chi connectivity index (χ3n) is 2.58. The molecule has 0 fully saturated rings. The van der Waals surface area contributed by atoms with Crippen LogP contribution in [0.5, 0.6) is 0 Å². The number of aromatic nitrogens is 1. The molecule has 1 aromatic rings. The molecule has 2 N–H and O–H groups in total. The number of nitrogens with zero attached hydrogens (tertiary/aromatic N) is 2. The molecule has 0 aliphatic rings. The Hall–Kier alpha value is -2.14. The van der Waals surface area contributed by atoms with Gasteiger partial charge in [0.1, 0.15) is 11.8 Å². The summed E-state index contributed by atoms with van der Waals surface area (Å²) in [6.45, 7) is 0.196. The van der Waals surface area contributed by atoms with Crippen LogP contribution in [-0.2, 0) is 11.3 Å². The average Bonchev–Trinajstić information content (AvgIpc) is 2.34. The summed E-state index contributed by atoms with van der Waals surface area (Å²) in [5.41, 5.74) is -2.67. The summed E-state index contributed by atoms with van der Waals surface area (Å²) in [4.78, 5) is 14.4. The van der Waals surface area contributed by atoms with Gasteiger partial charge in [-0.05, 0) is 24.6 Å². The highest BCUT2D eigenvalue weighted by Gasteiger charge is 2.57. The third-order valence-corrected chi connectivity index (χ3v) is 2.58. The molecule has 1 heterocycles. The van der Waals surface area contributed by atoms with E-state index in [-0.39, 0.29) is 12.2 Å². The molecule has 0 radical (unpaired) electrons. The van der Waals surface area contributed by atoms with Gasteiger partial charge in [0.05, 0.1) is 0 Å². The predicted molar refractivity (Wildman–Crippen MR) is 57.9 cm³/mol. The Morgan fingerprint density at radius 3 is 2.68 bits per heavy atom. The SMILES string of the molecule is CC(NCc1ccnc(C#N)c1)(C(=O)O)C(F)(F)F. The van der Waals surface area contributed by atoms with Crippen LogP contribution < -0.4 is 5.32 Å². The van der Waals surface area contributed by atoms with Crippen LogP contribution in [0.15, 0.2) is 18.3 Å². The number of carboxylic acid groups (broad SMARTS) is 1. The molecular formula is C11H10F3N3O2. The van der Waals surface area contributed by atoms with Crippen molar-refractivity contribution in [3.63, 3.8) is 0 Å². The lowest BCUT2D eigenvalue weighted by Gasteiger charge is -2.28. The minimum absolute atomic E-state index is 0.0448. The van der Waals surface area contributed by atoms with E-state index in [1.54, 1.807) is 6.07 Å². The van der Waals surface area contributed by atoms with E-state index in [0.717, 1.165) is 0 Å². The Balaban J connectivity index is 2.89. The number of nitrogens with one attached hydrogen (secondary N) is 1. The smallest absolute Gasteiger partial charge is 0.417 e. The fourth-order valence-corrected chi connectivity index (χ4v) is 1.22. The molecule has 0 bridgehead atoms. The maximum Gasteiger partial charge on any atom is 0.417 e. The molecule has 8 heteroatoms. The van der Waals surface area contributed by atoms with Crippen LogP contribution in [0.4, 0.5) is 13.2 Å². The summed E-state index contributed by atoms with van der Waals surface area (Å²) in [5.74, 6) is -2.02. The lowest BCUT2D eigenvalue weighted by atomic mass is 10.0. The molecule has 0 saturated heterocycles. The first-order valence-corrected chi connectivity index (χ1v) is 5.11. The van der Waals surface area contributed by atoms with Gasteiger partial charge in [0.15, 0.2) is 0 Å². The number of nitriles is 1. The minimum Gasteiger partial charge on any atom is -0.480 e. The monoisotopic (exact) mass is 273 g/mol. The number of pyridine rings is 1. The van der Waals surface area contributed by atoms with Crippen LogP contribution in [0, 0.1) is 11.3 Å². The molecule has 0 spiro atoms. The first-order valence-electron chi connectivity index (χ1n) is 5.11. The van der Waals surface area contributed by atoms with Crippen molar-refractivity contribution in [3.05, 3.63) is 29.6 Å². The molecule has 0 aliphatic carbocycles. The van der Waals surface area contributed by atoms with E-state index in [9.17, 15) is 18.0 Å². The van der Waals surface area contributed by atoms with E-state index in [0.29, 0.717) is 12.5 Å². The van der Waals surface area contributed by atoms with Crippen LogP contribution in [0.25, 0.3) is 0 Å². The predicted octanol–water partition coefficient (Wildman–Crippen LogP) is 1.45. The van der Waals surface area contributed by atoms with Crippen molar-refractivity contribution >= 4 is 5.97 Å². The number of halogens is 3. The highest BCUT2D eigenvalue weighted by Crippen LogP contribution is 2.30. The highest BCUT2D eigenvalue weighted by atomic mass is 19.4. The van der Waals surface area contributed by atoms with Gasteiger partial charge in [-0.1, -0.05) is 0 Å². The Morgan fingerprint density at radius 1 is 1.58 bits per heavy atom. The molecule has 0 aromatic carbocycles. The maximum atomic E-state index is 12.7. The molecule has 1 unspecified atom stereocenters. The van der Waals surface area contributed by atoms with Crippen LogP contribution in [-0.4, -0.2) is 27.8 Å². The Bertz CT molecular complexity index is 525. The van der Waals surface area contributed by atoms with E-state index in [1.807, 2.05) is 5.32 Å². The van der Waals surface area contributed by atoms with E-state index in [1.165, 1.54) is 18.3 Å². The quantitative estimate of drug-likeness (QED) is 0.867. The van der Waals surface area contributed by atoms with E-state index in [4.69, 9.17) is 10.4 Å². The summed E-state index contributed by atoms with van der Waals surface area (Å²) in [6, 6.07) is 4.42. The zero-order chi connectivity index (χ0) is 14.7. The van der Waals surface area contributed by atoms with Gasteiger partial charge in [-0.25, -0.2) is 9.78 Å². The second kappa shape index (κ2) is 5.24. The first kappa shape index (κ1) is 14.9. The summed E-state index contributed by atoms with van der Waals surface area (Å²) in [5, 5.41) is 19.2. The second-order valence-corrected chi connectivity index (χ2v) is 3.94. The lowest BCUT2D eigenvalue weighted by molar-refractivity contribution is -0.206. The summed E-state index contributed by atoms with van der Waals surface area (Å²) in [6.07, 6.45) is -3.68. The largest absolute Gasteiger partial charge is 0.480 e. The van der Waals surface area contributed by atoms with Crippen molar-refractivity contribution in [3.8, 4) is 6.07 Å². The summed E-state index contributed by atoms with van der Waals surface area (Å²) >= 11 is 0. The van der Waals surface area contributed by atoms with Gasteiger partial charge in [-0.15, -0.1) is 0 Å². The maximum absolute atomic E-state index is 12.7. The molecule has 1 rings (SSSR count). The van der Waals surface area contributed by atoms with Gasteiger partial charge in [-0.2, -0.15) is 18.4 Å². The van der Waals surface area contributed by atoms with E-state index < -0.39 is 17.7 Å². The number of aliphatic carboxylic acids is 1. The number of rotatable bonds is 4. The molecule has 0 aliphatic heterocycles. The fraction of sp³-hybridized carbons (Fsp3) is 0.364. The number of hydrogen-bond donors (Lipinski definition) is 2.